The predicted molar refractivity (Wildman–Crippen MR) is 153 cm³/mol. The number of carbonyl (C=O) groups excluding carboxylic acids is 2. The van der Waals surface area contributed by atoms with E-state index < -0.39 is 0 Å². The van der Waals surface area contributed by atoms with Gasteiger partial charge in [0.05, 0.1) is 0 Å². The van der Waals surface area contributed by atoms with Crippen molar-refractivity contribution in [1.82, 2.24) is 0 Å². The number of ether oxygens (including phenoxy) is 2. The fourth-order valence-electron chi connectivity index (χ4n) is 4.64. The minimum absolute atomic E-state index is 0.168. The van der Waals surface area contributed by atoms with E-state index in [1.165, 1.54) is 122 Å². The van der Waals surface area contributed by atoms with Crippen LogP contribution in [0.5, 0.6) is 0 Å². The highest BCUT2D eigenvalue weighted by atomic mass is 16.6. The van der Waals surface area contributed by atoms with Gasteiger partial charge in [0.25, 0.3) is 0 Å². The molecule has 1 atom stereocenters. The summed E-state index contributed by atoms with van der Waals surface area (Å²) in [6.07, 6.45) is 29.9. The van der Waals surface area contributed by atoms with E-state index in [0.717, 1.165) is 25.7 Å². The summed E-state index contributed by atoms with van der Waals surface area (Å²) in [5, 5.41) is 0. The smallest absolute Gasteiger partial charge is 0.306 e. The standard InChI is InChI=1S/C32H62O4/c1-4-6-8-10-12-14-16-18-20-22-24-26-28-32(34)36-30(3)29-35-31(33)27-25-23-21-19-17-15-13-11-9-7-5-2/h30H,4-29H2,1-3H3/t30-/m0/s1. The first-order valence-electron chi connectivity index (χ1n) is 15.9. The predicted octanol–water partition coefficient (Wildman–Crippen LogP) is 10.3. The number of hydrogen-bond acceptors (Lipinski definition) is 4. The van der Waals surface area contributed by atoms with Gasteiger partial charge in [-0.15, -0.1) is 0 Å². The highest BCUT2D eigenvalue weighted by Gasteiger charge is 2.12. The lowest BCUT2D eigenvalue weighted by Crippen LogP contribution is -2.22. The Morgan fingerprint density at radius 2 is 0.778 bits per heavy atom. The van der Waals surface area contributed by atoms with E-state index in [1.54, 1.807) is 6.92 Å². The van der Waals surface area contributed by atoms with Crippen LogP contribution in [0, 0.1) is 0 Å². The second-order valence-electron chi connectivity index (χ2n) is 10.9. The monoisotopic (exact) mass is 510 g/mol. The third kappa shape index (κ3) is 27.5. The van der Waals surface area contributed by atoms with E-state index in [1.807, 2.05) is 0 Å². The van der Waals surface area contributed by atoms with Gasteiger partial charge in [-0.2, -0.15) is 0 Å². The van der Waals surface area contributed by atoms with Gasteiger partial charge in [0.15, 0.2) is 0 Å². The zero-order chi connectivity index (χ0) is 26.5. The van der Waals surface area contributed by atoms with Crippen molar-refractivity contribution in [2.24, 2.45) is 0 Å². The van der Waals surface area contributed by atoms with Crippen molar-refractivity contribution in [1.29, 1.82) is 0 Å². The van der Waals surface area contributed by atoms with E-state index in [-0.39, 0.29) is 24.6 Å². The minimum Gasteiger partial charge on any atom is -0.462 e. The van der Waals surface area contributed by atoms with Crippen molar-refractivity contribution in [3.63, 3.8) is 0 Å². The molecule has 0 aliphatic heterocycles. The van der Waals surface area contributed by atoms with Crippen LogP contribution < -0.4 is 0 Å². The molecule has 0 amide bonds. The Morgan fingerprint density at radius 3 is 1.14 bits per heavy atom. The van der Waals surface area contributed by atoms with E-state index in [0.29, 0.717) is 12.8 Å². The first kappa shape index (κ1) is 34.9. The van der Waals surface area contributed by atoms with Gasteiger partial charge in [-0.25, -0.2) is 0 Å². The van der Waals surface area contributed by atoms with Crippen LogP contribution in [0.25, 0.3) is 0 Å². The van der Waals surface area contributed by atoms with Crippen LogP contribution in [0.1, 0.15) is 181 Å². The molecule has 4 heteroatoms. The van der Waals surface area contributed by atoms with Crippen molar-refractivity contribution in [3.8, 4) is 0 Å². The highest BCUT2D eigenvalue weighted by molar-refractivity contribution is 5.70. The Kier molecular flexibility index (Phi) is 27.7. The second-order valence-corrected chi connectivity index (χ2v) is 10.9. The van der Waals surface area contributed by atoms with Crippen molar-refractivity contribution < 1.29 is 19.1 Å². The maximum atomic E-state index is 12.0. The lowest BCUT2D eigenvalue weighted by atomic mass is 10.0. The van der Waals surface area contributed by atoms with Crippen molar-refractivity contribution >= 4 is 11.9 Å². The molecule has 0 aromatic rings. The normalized spacial score (nSPS) is 12.0. The summed E-state index contributed by atoms with van der Waals surface area (Å²) in [7, 11) is 0. The van der Waals surface area contributed by atoms with Crippen LogP contribution in [0.3, 0.4) is 0 Å². The number of carbonyl (C=O) groups is 2. The molecule has 0 rings (SSSR count). The molecule has 0 unspecified atom stereocenters. The molecule has 214 valence electrons. The summed E-state index contributed by atoms with van der Waals surface area (Å²) in [5.74, 6) is -0.342. The summed E-state index contributed by atoms with van der Waals surface area (Å²) < 4.78 is 10.7. The molecule has 0 radical (unpaired) electrons. The van der Waals surface area contributed by atoms with Gasteiger partial charge < -0.3 is 9.47 Å². The van der Waals surface area contributed by atoms with Crippen LogP contribution in [0.4, 0.5) is 0 Å². The van der Waals surface area contributed by atoms with Gasteiger partial charge in [-0.05, 0) is 19.8 Å². The highest BCUT2D eigenvalue weighted by Crippen LogP contribution is 2.14. The molecular weight excluding hydrogens is 448 g/mol. The molecule has 0 fully saturated rings. The SMILES string of the molecule is CCCCCCCCCCCCCCC(=O)O[C@@H](C)COC(=O)CCCCCCCCCCCCC. The molecule has 0 aromatic heterocycles. The summed E-state index contributed by atoms with van der Waals surface area (Å²) in [6.45, 7) is 6.49. The number of rotatable bonds is 28. The van der Waals surface area contributed by atoms with Crippen LogP contribution in [-0.2, 0) is 19.1 Å². The first-order valence-corrected chi connectivity index (χ1v) is 15.9. The van der Waals surface area contributed by atoms with Crippen molar-refractivity contribution in [3.05, 3.63) is 0 Å². The molecule has 0 aromatic carbocycles. The van der Waals surface area contributed by atoms with Crippen LogP contribution in [0.2, 0.25) is 0 Å². The van der Waals surface area contributed by atoms with Crippen molar-refractivity contribution in [2.75, 3.05) is 6.61 Å². The molecule has 0 heterocycles. The van der Waals surface area contributed by atoms with Crippen LogP contribution in [0.15, 0.2) is 0 Å². The van der Waals surface area contributed by atoms with Crippen LogP contribution >= 0.6 is 0 Å². The van der Waals surface area contributed by atoms with E-state index in [9.17, 15) is 9.59 Å². The fraction of sp³-hybridized carbons (Fsp3) is 0.938. The lowest BCUT2D eigenvalue weighted by Gasteiger charge is -2.13. The van der Waals surface area contributed by atoms with E-state index in [2.05, 4.69) is 13.8 Å². The Morgan fingerprint density at radius 1 is 0.472 bits per heavy atom. The van der Waals surface area contributed by atoms with Gasteiger partial charge in [0, 0.05) is 12.8 Å². The number of unbranched alkanes of at least 4 members (excludes halogenated alkanes) is 21. The minimum atomic E-state index is -0.365. The maximum absolute atomic E-state index is 12.0. The summed E-state index contributed by atoms with van der Waals surface area (Å²) >= 11 is 0. The molecule has 36 heavy (non-hydrogen) atoms. The van der Waals surface area contributed by atoms with Gasteiger partial charge >= 0.3 is 11.9 Å². The Bertz CT molecular complexity index is 477. The molecule has 0 saturated carbocycles. The van der Waals surface area contributed by atoms with Gasteiger partial charge in [0.2, 0.25) is 0 Å². The lowest BCUT2D eigenvalue weighted by molar-refractivity contribution is -0.158. The molecule has 0 saturated heterocycles. The van der Waals surface area contributed by atoms with Gasteiger partial charge in [-0.1, -0.05) is 149 Å². The Balaban J connectivity index is 3.42. The molecule has 0 aliphatic rings. The number of hydrogen-bond donors (Lipinski definition) is 0. The third-order valence-corrected chi connectivity index (χ3v) is 7.03. The van der Waals surface area contributed by atoms with Crippen molar-refractivity contribution in [2.45, 2.75) is 187 Å². The summed E-state index contributed by atoms with van der Waals surface area (Å²) in [5.41, 5.74) is 0. The molecule has 4 nitrogen and oxygen atoms in total. The average molecular weight is 511 g/mol. The molecule has 0 aliphatic carbocycles. The first-order chi connectivity index (χ1) is 17.6. The zero-order valence-corrected chi connectivity index (χ0v) is 24.6. The molecular formula is C32H62O4. The average Bonchev–Trinajstić information content (AvgIpc) is 2.86. The molecule has 0 N–H and O–H groups in total. The summed E-state index contributed by atoms with van der Waals surface area (Å²) in [4.78, 5) is 23.9. The zero-order valence-electron chi connectivity index (χ0n) is 24.6. The molecule has 0 bridgehead atoms. The number of esters is 2. The Hall–Kier alpha value is -1.06. The fourth-order valence-corrected chi connectivity index (χ4v) is 4.64. The van der Waals surface area contributed by atoms with E-state index >= 15 is 0 Å². The van der Waals surface area contributed by atoms with Gasteiger partial charge in [0.1, 0.15) is 12.7 Å². The summed E-state index contributed by atoms with van der Waals surface area (Å²) in [6, 6.07) is 0. The van der Waals surface area contributed by atoms with E-state index in [4.69, 9.17) is 9.47 Å². The van der Waals surface area contributed by atoms with Crippen LogP contribution in [-0.4, -0.2) is 24.6 Å². The third-order valence-electron chi connectivity index (χ3n) is 7.03. The topological polar surface area (TPSA) is 52.6 Å². The largest absolute Gasteiger partial charge is 0.462 e. The Labute approximate surface area is 225 Å². The second kappa shape index (κ2) is 28.5. The quantitative estimate of drug-likeness (QED) is 0.0775. The van der Waals surface area contributed by atoms with Gasteiger partial charge in [-0.3, -0.25) is 9.59 Å². The molecule has 0 spiro atoms. The maximum Gasteiger partial charge on any atom is 0.306 e.